The Balaban J connectivity index is 3.74. The molecule has 0 aromatic rings. The second-order valence-corrected chi connectivity index (χ2v) is 15.2. The van der Waals surface area contributed by atoms with Crippen LogP contribution >= 0.6 is 7.82 Å². The van der Waals surface area contributed by atoms with Crippen LogP contribution in [0.5, 0.6) is 0 Å². The molecule has 1 unspecified atom stereocenters. The first-order valence-corrected chi connectivity index (χ1v) is 18.6. The maximum Gasteiger partial charge on any atom is 0.480 e. The van der Waals surface area contributed by atoms with Gasteiger partial charge in [-0.2, -0.15) is 0 Å². The molecule has 1 aliphatic rings. The summed E-state index contributed by atoms with van der Waals surface area (Å²) in [6.45, 7) is 12.6. The van der Waals surface area contributed by atoms with E-state index in [2.05, 4.69) is 0 Å². The molecule has 0 radical (unpaired) electrons. The zero-order valence-electron chi connectivity index (χ0n) is 31.3. The van der Waals surface area contributed by atoms with Crippen LogP contribution in [0.3, 0.4) is 0 Å². The number of carbonyl (C=O) groups excluding carboxylic acids is 6. The lowest BCUT2D eigenvalue weighted by molar-refractivity contribution is -0.297. The molecule has 6 atom stereocenters. The Labute approximate surface area is 299 Å². The molecule has 51 heavy (non-hydrogen) atoms. The molecule has 0 aromatic heterocycles. The number of phosphoric acid groups is 1. The molecule has 17 nitrogen and oxygen atoms in total. The zero-order chi connectivity index (χ0) is 39.2. The van der Waals surface area contributed by atoms with E-state index >= 15 is 0 Å². The van der Waals surface area contributed by atoms with Crippen LogP contribution in [0, 0.1) is 10.8 Å². The molecule has 1 heterocycles. The molecule has 1 saturated heterocycles. The Kier molecular flexibility index (Phi) is 18.7. The van der Waals surface area contributed by atoms with Gasteiger partial charge >= 0.3 is 50.1 Å². The van der Waals surface area contributed by atoms with Crippen LogP contribution in [0.1, 0.15) is 121 Å². The van der Waals surface area contributed by atoms with Crippen LogP contribution in [0.4, 0.5) is 0 Å². The molecule has 18 heteroatoms. The molecule has 0 aliphatic carbocycles. The average molecular weight is 755 g/mol. The van der Waals surface area contributed by atoms with Gasteiger partial charge in [0.25, 0.3) is 0 Å². The Morgan fingerprint density at radius 2 is 1.04 bits per heavy atom. The molecule has 1 N–H and O–H groups in total. The molecule has 0 aromatic carbocycles. The highest BCUT2D eigenvalue weighted by Crippen LogP contribution is 2.49. The molecular weight excluding hydrogens is 699 g/mol. The second-order valence-electron chi connectivity index (χ2n) is 13.9. The van der Waals surface area contributed by atoms with E-state index in [0.29, 0.717) is 25.7 Å². The first-order chi connectivity index (χ1) is 23.6. The van der Waals surface area contributed by atoms with E-state index in [9.17, 15) is 38.2 Å². The molecule has 0 bridgehead atoms. The minimum atomic E-state index is -5.56. The van der Waals surface area contributed by atoms with Crippen LogP contribution < -0.4 is 0 Å². The van der Waals surface area contributed by atoms with Gasteiger partial charge in [-0.05, 0) is 67.2 Å². The van der Waals surface area contributed by atoms with Crippen molar-refractivity contribution in [2.75, 3.05) is 6.61 Å². The van der Waals surface area contributed by atoms with Crippen molar-refractivity contribution >= 4 is 43.6 Å². The van der Waals surface area contributed by atoms with Crippen molar-refractivity contribution in [3.8, 4) is 0 Å². The molecule has 1 rings (SSSR count). The zero-order valence-corrected chi connectivity index (χ0v) is 32.1. The SMILES string of the molecule is CCCC(=O)OC[C@H]1O[C@H](OP(=O)(O)OC(OC(=O)C(C)(C)C)OC(=O)C(C)(C)C)[C@@H](OC(=O)CCC)[C@@H](OC(=O)CCC)[C@@H]1OC(=O)CCC. The fourth-order valence-corrected chi connectivity index (χ4v) is 4.84. The smallest absolute Gasteiger partial charge is 0.463 e. The second kappa shape index (κ2) is 20.8. The van der Waals surface area contributed by atoms with Gasteiger partial charge in [0, 0.05) is 25.7 Å². The number of carbonyl (C=O) groups is 6. The van der Waals surface area contributed by atoms with E-state index < -0.39 is 98.3 Å². The van der Waals surface area contributed by atoms with Gasteiger partial charge in [-0.25, -0.2) is 9.09 Å². The highest BCUT2D eigenvalue weighted by Gasteiger charge is 2.55. The summed E-state index contributed by atoms with van der Waals surface area (Å²) in [5, 5.41) is 0. The van der Waals surface area contributed by atoms with Gasteiger partial charge in [-0.15, -0.1) is 0 Å². The lowest BCUT2D eigenvalue weighted by Gasteiger charge is -2.44. The van der Waals surface area contributed by atoms with Gasteiger partial charge in [0.2, 0.25) is 6.29 Å². The van der Waals surface area contributed by atoms with Gasteiger partial charge in [0.15, 0.2) is 18.3 Å². The van der Waals surface area contributed by atoms with Crippen LogP contribution in [0.15, 0.2) is 0 Å². The summed E-state index contributed by atoms with van der Waals surface area (Å²) >= 11 is 0. The van der Waals surface area contributed by atoms with E-state index in [0.717, 1.165) is 0 Å². The molecule has 1 fully saturated rings. The fraction of sp³-hybridized carbons (Fsp3) is 0.818. The van der Waals surface area contributed by atoms with Crippen LogP contribution in [-0.4, -0.2) is 84.5 Å². The van der Waals surface area contributed by atoms with Crippen LogP contribution in [-0.2, 0) is 75.5 Å². The van der Waals surface area contributed by atoms with Crippen molar-refractivity contribution in [1.82, 2.24) is 0 Å². The molecule has 294 valence electrons. The molecule has 0 saturated carbocycles. The summed E-state index contributed by atoms with van der Waals surface area (Å²) in [6.07, 6.45) is -7.67. The minimum absolute atomic E-state index is 0.0146. The third-order valence-corrected chi connectivity index (χ3v) is 7.62. The van der Waals surface area contributed by atoms with Gasteiger partial charge in [0.05, 0.1) is 10.8 Å². The number of rotatable bonds is 19. The predicted octanol–water partition coefficient (Wildman–Crippen LogP) is 4.79. The van der Waals surface area contributed by atoms with Gasteiger partial charge in [-0.3, -0.25) is 33.3 Å². The predicted molar refractivity (Wildman–Crippen MR) is 176 cm³/mol. The van der Waals surface area contributed by atoms with Gasteiger partial charge in [0.1, 0.15) is 12.7 Å². The standard InChI is InChI=1S/C33H55O17P/c1-11-15-21(34)42-19-20-25(44-22(35)16-12-2)26(45-23(36)17-13-3)27(46-24(37)18-14-4)28(43-20)49-51(40,41)50-31(47-29(38)32(5,6)7)48-30(39)33(8,9)10/h20,25-28,31H,11-19H2,1-10H3,(H,40,41)/t20-,25-,26+,27+,28-/m1/s1. The van der Waals surface area contributed by atoms with Crippen molar-refractivity contribution < 1.29 is 80.4 Å². The maximum absolute atomic E-state index is 13.6. The first-order valence-electron chi connectivity index (χ1n) is 17.1. The van der Waals surface area contributed by atoms with Crippen molar-refractivity contribution in [3.63, 3.8) is 0 Å². The number of hydrogen-bond acceptors (Lipinski definition) is 16. The quantitative estimate of drug-likeness (QED) is 0.0810. The largest absolute Gasteiger partial charge is 0.480 e. The van der Waals surface area contributed by atoms with E-state index in [1.165, 1.54) is 41.5 Å². The van der Waals surface area contributed by atoms with Crippen molar-refractivity contribution in [1.29, 1.82) is 0 Å². The summed E-state index contributed by atoms with van der Waals surface area (Å²) in [6, 6.07) is 0. The highest BCUT2D eigenvalue weighted by molar-refractivity contribution is 7.47. The molecule has 1 aliphatic heterocycles. The Bertz CT molecular complexity index is 1210. The topological polar surface area (TPSA) is 223 Å². The van der Waals surface area contributed by atoms with Crippen molar-refractivity contribution in [2.45, 2.75) is 158 Å². The molecule has 0 spiro atoms. The third-order valence-electron chi connectivity index (χ3n) is 6.71. The number of hydrogen-bond donors (Lipinski definition) is 1. The summed E-state index contributed by atoms with van der Waals surface area (Å²) < 4.78 is 62.2. The average Bonchev–Trinajstić information content (AvgIpc) is 2.98. The van der Waals surface area contributed by atoms with Crippen LogP contribution in [0.25, 0.3) is 0 Å². The number of ether oxygens (including phenoxy) is 7. The summed E-state index contributed by atoms with van der Waals surface area (Å²) in [5.74, 6) is -5.07. The lowest BCUT2D eigenvalue weighted by Crippen LogP contribution is -2.63. The highest BCUT2D eigenvalue weighted by atomic mass is 31.2. The Morgan fingerprint density at radius 1 is 0.647 bits per heavy atom. The van der Waals surface area contributed by atoms with Crippen molar-refractivity contribution in [3.05, 3.63) is 0 Å². The minimum Gasteiger partial charge on any atom is -0.463 e. The summed E-state index contributed by atoms with van der Waals surface area (Å²) in [7, 11) is -5.56. The number of phosphoric ester groups is 1. The van der Waals surface area contributed by atoms with E-state index in [4.69, 9.17) is 42.2 Å². The fourth-order valence-electron chi connectivity index (χ4n) is 4.06. The van der Waals surface area contributed by atoms with Gasteiger partial charge < -0.3 is 38.1 Å². The van der Waals surface area contributed by atoms with Gasteiger partial charge in [-0.1, -0.05) is 27.7 Å². The Hall–Kier alpha value is -3.11. The molecule has 0 amide bonds. The summed E-state index contributed by atoms with van der Waals surface area (Å²) in [5.41, 5.74) is -2.35. The Morgan fingerprint density at radius 3 is 1.45 bits per heavy atom. The number of esters is 6. The molecular formula is C33H55O17P. The van der Waals surface area contributed by atoms with E-state index in [1.807, 2.05) is 0 Å². The normalized spacial score (nSPS) is 21.9. The third kappa shape index (κ3) is 16.4. The van der Waals surface area contributed by atoms with Crippen molar-refractivity contribution in [2.24, 2.45) is 10.8 Å². The van der Waals surface area contributed by atoms with Crippen LogP contribution in [0.2, 0.25) is 0 Å². The maximum atomic E-state index is 13.6. The first kappa shape index (κ1) is 45.9. The van der Waals surface area contributed by atoms with E-state index in [1.54, 1.807) is 27.7 Å². The summed E-state index contributed by atoms with van der Waals surface area (Å²) in [4.78, 5) is 87.2. The lowest BCUT2D eigenvalue weighted by atomic mass is 9.97. The van der Waals surface area contributed by atoms with E-state index in [-0.39, 0.29) is 25.7 Å². The monoisotopic (exact) mass is 754 g/mol.